The van der Waals surface area contributed by atoms with Crippen molar-refractivity contribution in [3.63, 3.8) is 0 Å². The molecule has 15 heavy (non-hydrogen) atoms. The van der Waals surface area contributed by atoms with Gasteiger partial charge in [0.15, 0.2) is 6.29 Å². The summed E-state index contributed by atoms with van der Waals surface area (Å²) in [5.74, 6) is 0. The minimum atomic E-state index is 0.618. The normalized spacial score (nSPS) is 9.93. The quantitative estimate of drug-likeness (QED) is 0.693. The van der Waals surface area contributed by atoms with Crippen LogP contribution in [0.2, 0.25) is 0 Å². The Morgan fingerprint density at radius 3 is 2.53 bits per heavy atom. The zero-order valence-electron chi connectivity index (χ0n) is 8.47. The largest absolute Gasteiger partial charge is 0.298 e. The van der Waals surface area contributed by atoms with Crippen LogP contribution in [0.1, 0.15) is 15.9 Å². The van der Waals surface area contributed by atoms with Crippen LogP contribution >= 0.6 is 0 Å². The number of hydrogen-bond donors (Lipinski definition) is 0. The lowest BCUT2D eigenvalue weighted by Crippen LogP contribution is -1.91. The first-order chi connectivity index (χ1) is 7.31. The first-order valence-corrected chi connectivity index (χ1v) is 4.78. The molecule has 0 atom stereocenters. The van der Waals surface area contributed by atoms with Crippen LogP contribution in [0, 0.1) is 6.92 Å². The third-order valence-corrected chi connectivity index (χ3v) is 2.28. The second kappa shape index (κ2) is 4.05. The Balaban J connectivity index is 2.51. The smallest absolute Gasteiger partial charge is 0.151 e. The number of aldehydes is 1. The summed E-state index contributed by atoms with van der Waals surface area (Å²) in [4.78, 5) is 14.9. The van der Waals surface area contributed by atoms with E-state index in [-0.39, 0.29) is 0 Å². The van der Waals surface area contributed by atoms with Crippen LogP contribution in [-0.4, -0.2) is 11.3 Å². The molecule has 2 nitrogen and oxygen atoms in total. The lowest BCUT2D eigenvalue weighted by Gasteiger charge is -2.04. The highest BCUT2D eigenvalue weighted by atomic mass is 16.1. The Kier molecular flexibility index (Phi) is 2.59. The number of nitrogens with zero attached hydrogens (tertiary/aromatic N) is 1. The van der Waals surface area contributed by atoms with Crippen molar-refractivity contribution in [3.05, 3.63) is 53.7 Å². The van der Waals surface area contributed by atoms with E-state index in [1.807, 2.05) is 43.3 Å². The summed E-state index contributed by atoms with van der Waals surface area (Å²) in [5, 5.41) is 0. The fourth-order valence-electron chi connectivity index (χ4n) is 1.56. The molecule has 74 valence electrons. The van der Waals surface area contributed by atoms with Gasteiger partial charge in [0.1, 0.15) is 0 Å². The topological polar surface area (TPSA) is 30.0 Å². The van der Waals surface area contributed by atoms with Gasteiger partial charge in [-0.1, -0.05) is 30.3 Å². The predicted molar refractivity (Wildman–Crippen MR) is 59.8 cm³/mol. The molecule has 0 unspecified atom stereocenters. The fourth-order valence-corrected chi connectivity index (χ4v) is 1.56. The summed E-state index contributed by atoms with van der Waals surface area (Å²) in [6, 6.07) is 11.8. The van der Waals surface area contributed by atoms with Crippen molar-refractivity contribution < 1.29 is 4.79 Å². The minimum absolute atomic E-state index is 0.618. The van der Waals surface area contributed by atoms with Gasteiger partial charge in [0.05, 0.1) is 5.69 Å². The Morgan fingerprint density at radius 1 is 1.20 bits per heavy atom. The average molecular weight is 197 g/mol. The highest BCUT2D eigenvalue weighted by Crippen LogP contribution is 2.20. The Labute approximate surface area is 88.6 Å². The van der Waals surface area contributed by atoms with E-state index < -0.39 is 0 Å². The molecule has 0 bridgehead atoms. The van der Waals surface area contributed by atoms with Crippen molar-refractivity contribution >= 4 is 6.29 Å². The van der Waals surface area contributed by atoms with Gasteiger partial charge in [-0.25, -0.2) is 0 Å². The van der Waals surface area contributed by atoms with Gasteiger partial charge >= 0.3 is 0 Å². The van der Waals surface area contributed by atoms with E-state index >= 15 is 0 Å². The molecule has 0 aliphatic carbocycles. The molecule has 0 amide bonds. The van der Waals surface area contributed by atoms with E-state index in [1.165, 1.54) is 0 Å². The van der Waals surface area contributed by atoms with E-state index in [9.17, 15) is 4.79 Å². The Morgan fingerprint density at radius 2 is 1.93 bits per heavy atom. The van der Waals surface area contributed by atoms with E-state index in [4.69, 9.17) is 0 Å². The first-order valence-electron chi connectivity index (χ1n) is 4.78. The number of rotatable bonds is 2. The maximum absolute atomic E-state index is 10.6. The molecule has 0 fully saturated rings. The van der Waals surface area contributed by atoms with Gasteiger partial charge in [-0.05, 0) is 18.6 Å². The van der Waals surface area contributed by atoms with Crippen molar-refractivity contribution in [3.8, 4) is 11.3 Å². The van der Waals surface area contributed by atoms with Crippen LogP contribution in [0.5, 0.6) is 0 Å². The number of pyridine rings is 1. The molecule has 1 aromatic heterocycles. The van der Waals surface area contributed by atoms with Crippen LogP contribution in [0.4, 0.5) is 0 Å². The number of aryl methyl sites for hydroxylation is 1. The highest BCUT2D eigenvalue weighted by Gasteiger charge is 2.03. The van der Waals surface area contributed by atoms with Gasteiger partial charge in [0.25, 0.3) is 0 Å². The lowest BCUT2D eigenvalue weighted by atomic mass is 10.1. The van der Waals surface area contributed by atoms with Gasteiger partial charge in [0, 0.05) is 17.3 Å². The average Bonchev–Trinajstić information content (AvgIpc) is 2.30. The fraction of sp³-hybridized carbons (Fsp3) is 0.0769. The molecule has 0 aliphatic heterocycles. The molecule has 0 N–H and O–H groups in total. The number of hydrogen-bond acceptors (Lipinski definition) is 2. The number of benzene rings is 1. The van der Waals surface area contributed by atoms with Crippen molar-refractivity contribution in [1.82, 2.24) is 4.98 Å². The molecule has 2 heteroatoms. The summed E-state index contributed by atoms with van der Waals surface area (Å²) < 4.78 is 0. The molecule has 0 saturated carbocycles. The molecule has 2 rings (SSSR count). The van der Waals surface area contributed by atoms with Gasteiger partial charge in [-0.3, -0.25) is 9.78 Å². The lowest BCUT2D eigenvalue weighted by molar-refractivity contribution is 0.112. The summed E-state index contributed by atoms with van der Waals surface area (Å²) in [6.45, 7) is 1.96. The van der Waals surface area contributed by atoms with Crippen molar-refractivity contribution in [1.29, 1.82) is 0 Å². The summed E-state index contributed by atoms with van der Waals surface area (Å²) in [5.41, 5.74) is 3.65. The summed E-state index contributed by atoms with van der Waals surface area (Å²) in [7, 11) is 0. The van der Waals surface area contributed by atoms with Crippen molar-refractivity contribution in [2.24, 2.45) is 0 Å². The third kappa shape index (κ3) is 1.94. The zero-order valence-corrected chi connectivity index (χ0v) is 8.47. The van der Waals surface area contributed by atoms with E-state index in [2.05, 4.69) is 4.98 Å². The van der Waals surface area contributed by atoms with Crippen LogP contribution < -0.4 is 0 Å². The Hall–Kier alpha value is -1.96. The molecule has 2 aromatic rings. The van der Waals surface area contributed by atoms with Crippen LogP contribution in [-0.2, 0) is 0 Å². The standard InChI is InChI=1S/C13H11NO/c1-10-7-11(9-15)8-14-13(10)12-5-3-2-4-6-12/h2-9H,1H3. The molecule has 0 saturated heterocycles. The van der Waals surface area contributed by atoms with Crippen LogP contribution in [0.15, 0.2) is 42.6 Å². The number of carbonyl (C=O) groups is 1. The summed E-state index contributed by atoms with van der Waals surface area (Å²) in [6.07, 6.45) is 2.41. The van der Waals surface area contributed by atoms with Gasteiger partial charge < -0.3 is 0 Å². The zero-order chi connectivity index (χ0) is 10.7. The van der Waals surface area contributed by atoms with E-state index in [0.717, 1.165) is 23.1 Å². The van der Waals surface area contributed by atoms with Gasteiger partial charge in [-0.15, -0.1) is 0 Å². The SMILES string of the molecule is Cc1cc(C=O)cnc1-c1ccccc1. The second-order valence-corrected chi connectivity index (χ2v) is 3.42. The molecular formula is C13H11NO. The Bertz CT molecular complexity index is 477. The van der Waals surface area contributed by atoms with E-state index in [1.54, 1.807) is 6.20 Å². The van der Waals surface area contributed by atoms with Gasteiger partial charge in [0.2, 0.25) is 0 Å². The number of aromatic nitrogens is 1. The molecular weight excluding hydrogens is 186 g/mol. The second-order valence-electron chi connectivity index (χ2n) is 3.42. The van der Waals surface area contributed by atoms with E-state index in [0.29, 0.717) is 5.56 Å². The molecule has 1 heterocycles. The maximum atomic E-state index is 10.6. The molecule has 1 aromatic carbocycles. The predicted octanol–water partition coefficient (Wildman–Crippen LogP) is 2.87. The van der Waals surface area contributed by atoms with Crippen LogP contribution in [0.3, 0.4) is 0 Å². The van der Waals surface area contributed by atoms with Crippen molar-refractivity contribution in [2.45, 2.75) is 6.92 Å². The molecule has 0 spiro atoms. The molecule has 0 aliphatic rings. The maximum Gasteiger partial charge on any atom is 0.151 e. The minimum Gasteiger partial charge on any atom is -0.298 e. The van der Waals surface area contributed by atoms with Gasteiger partial charge in [-0.2, -0.15) is 0 Å². The monoisotopic (exact) mass is 197 g/mol. The van der Waals surface area contributed by atoms with Crippen molar-refractivity contribution in [2.75, 3.05) is 0 Å². The molecule has 0 radical (unpaired) electrons. The third-order valence-electron chi connectivity index (χ3n) is 2.28. The first kappa shape index (κ1) is 9.59. The summed E-state index contributed by atoms with van der Waals surface area (Å²) >= 11 is 0. The number of carbonyl (C=O) groups excluding carboxylic acids is 1. The van der Waals surface area contributed by atoms with Crippen LogP contribution in [0.25, 0.3) is 11.3 Å². The highest BCUT2D eigenvalue weighted by molar-refractivity contribution is 5.76.